The van der Waals surface area contributed by atoms with Gasteiger partial charge in [0.15, 0.2) is 0 Å². The lowest BCUT2D eigenvalue weighted by molar-refractivity contribution is 1.64. The van der Waals surface area contributed by atoms with E-state index in [1.165, 1.54) is 55.3 Å². The third-order valence-corrected chi connectivity index (χ3v) is 5.83. The predicted octanol–water partition coefficient (Wildman–Crippen LogP) is 7.43. The van der Waals surface area contributed by atoms with E-state index >= 15 is 0 Å². The van der Waals surface area contributed by atoms with Crippen LogP contribution in [-0.2, 0) is 0 Å². The highest BCUT2D eigenvalue weighted by Crippen LogP contribution is 2.47. The van der Waals surface area contributed by atoms with Gasteiger partial charge in [0.25, 0.3) is 0 Å². The SMILES string of the molecule is C1=CC2=C(c3c4cccccc-4cc3-c3cccc4ccccc34)C=CC2=C1. The van der Waals surface area contributed by atoms with Gasteiger partial charge < -0.3 is 0 Å². The average molecular weight is 354 g/mol. The van der Waals surface area contributed by atoms with Crippen molar-refractivity contribution in [1.29, 1.82) is 0 Å². The number of fused-ring (bicyclic) bond motifs is 3. The van der Waals surface area contributed by atoms with Crippen LogP contribution in [0.4, 0.5) is 0 Å². The summed E-state index contributed by atoms with van der Waals surface area (Å²) < 4.78 is 0. The molecule has 130 valence electrons. The number of rotatable bonds is 2. The quantitative estimate of drug-likeness (QED) is 0.351. The van der Waals surface area contributed by atoms with Crippen LogP contribution in [0.2, 0.25) is 0 Å². The summed E-state index contributed by atoms with van der Waals surface area (Å²) in [5.74, 6) is 0. The highest BCUT2D eigenvalue weighted by atomic mass is 14.3. The molecule has 0 bridgehead atoms. The molecule has 0 saturated carbocycles. The van der Waals surface area contributed by atoms with Crippen molar-refractivity contribution in [1.82, 2.24) is 0 Å². The predicted molar refractivity (Wildman–Crippen MR) is 119 cm³/mol. The minimum absolute atomic E-state index is 1.28. The van der Waals surface area contributed by atoms with E-state index in [1.807, 2.05) is 0 Å². The largest absolute Gasteiger partial charge is 0.0622 e. The van der Waals surface area contributed by atoms with Gasteiger partial charge in [-0.3, -0.25) is 0 Å². The fourth-order valence-electron chi connectivity index (χ4n) is 4.56. The second kappa shape index (κ2) is 5.94. The number of hydrogen-bond donors (Lipinski definition) is 0. The van der Waals surface area contributed by atoms with Gasteiger partial charge in [0, 0.05) is 0 Å². The Morgan fingerprint density at radius 3 is 2.36 bits per heavy atom. The molecule has 2 aromatic rings. The normalized spacial score (nSPS) is 14.9. The minimum Gasteiger partial charge on any atom is -0.0622 e. The first kappa shape index (κ1) is 15.4. The maximum atomic E-state index is 2.36. The van der Waals surface area contributed by atoms with Gasteiger partial charge in [-0.2, -0.15) is 0 Å². The van der Waals surface area contributed by atoms with E-state index in [0.717, 1.165) is 0 Å². The molecule has 0 heterocycles. The Labute approximate surface area is 164 Å². The second-order valence-electron chi connectivity index (χ2n) is 7.38. The molecule has 28 heavy (non-hydrogen) atoms. The van der Waals surface area contributed by atoms with Crippen LogP contribution >= 0.6 is 0 Å². The first-order valence-corrected chi connectivity index (χ1v) is 9.71. The standard InChI is InChI=1S/C28H18/c1-2-9-21-18-27(25-15-7-10-19-8-4-5-12-22(19)25)28(24(21)13-3-1)26-17-16-20-11-6-14-23(20)26/h1-18H. The third kappa shape index (κ3) is 2.18. The molecule has 0 aliphatic heterocycles. The fourth-order valence-corrected chi connectivity index (χ4v) is 4.56. The van der Waals surface area contributed by atoms with E-state index in [0.29, 0.717) is 0 Å². The van der Waals surface area contributed by atoms with E-state index in [9.17, 15) is 0 Å². The van der Waals surface area contributed by atoms with Gasteiger partial charge in [0.1, 0.15) is 0 Å². The molecule has 0 unspecified atom stereocenters. The Morgan fingerprint density at radius 1 is 0.536 bits per heavy atom. The van der Waals surface area contributed by atoms with Crippen LogP contribution in [0.15, 0.2) is 120 Å². The average Bonchev–Trinajstić information content (AvgIpc) is 3.38. The Morgan fingerprint density at radius 2 is 1.36 bits per heavy atom. The molecule has 0 spiro atoms. The van der Waals surface area contributed by atoms with Gasteiger partial charge >= 0.3 is 0 Å². The van der Waals surface area contributed by atoms with Gasteiger partial charge in [-0.25, -0.2) is 0 Å². The third-order valence-electron chi connectivity index (χ3n) is 5.83. The molecule has 6 rings (SSSR count). The van der Waals surface area contributed by atoms with Gasteiger partial charge in [-0.05, 0) is 61.4 Å². The highest BCUT2D eigenvalue weighted by Gasteiger charge is 2.24. The zero-order valence-corrected chi connectivity index (χ0v) is 15.4. The van der Waals surface area contributed by atoms with Crippen molar-refractivity contribution in [3.63, 3.8) is 0 Å². The molecule has 0 aromatic heterocycles. The lowest BCUT2D eigenvalue weighted by atomic mass is 9.92. The Kier molecular flexibility index (Phi) is 3.27. The van der Waals surface area contributed by atoms with Crippen molar-refractivity contribution in [2.75, 3.05) is 0 Å². The van der Waals surface area contributed by atoms with Crippen LogP contribution in [-0.4, -0.2) is 0 Å². The van der Waals surface area contributed by atoms with Crippen LogP contribution in [0.1, 0.15) is 5.56 Å². The van der Waals surface area contributed by atoms with Gasteiger partial charge in [-0.1, -0.05) is 103 Å². The molecule has 0 atom stereocenters. The van der Waals surface area contributed by atoms with Gasteiger partial charge in [-0.15, -0.1) is 0 Å². The summed E-state index contributed by atoms with van der Waals surface area (Å²) in [7, 11) is 0. The molecule has 0 nitrogen and oxygen atoms in total. The minimum atomic E-state index is 1.28. The summed E-state index contributed by atoms with van der Waals surface area (Å²) in [6.07, 6.45) is 11.1. The van der Waals surface area contributed by atoms with E-state index in [-0.39, 0.29) is 0 Å². The van der Waals surface area contributed by atoms with Crippen LogP contribution in [0.5, 0.6) is 0 Å². The van der Waals surface area contributed by atoms with Crippen LogP contribution in [0.3, 0.4) is 0 Å². The lowest BCUT2D eigenvalue weighted by Crippen LogP contribution is -1.88. The molecule has 0 saturated heterocycles. The summed E-state index contributed by atoms with van der Waals surface area (Å²) in [6, 6.07) is 28.5. The monoisotopic (exact) mass is 354 g/mol. The highest BCUT2D eigenvalue weighted by molar-refractivity contribution is 6.07. The fraction of sp³-hybridized carbons (Fsp3) is 0. The molecule has 4 aliphatic carbocycles. The molecule has 0 N–H and O–H groups in total. The first-order chi connectivity index (χ1) is 13.9. The zero-order valence-electron chi connectivity index (χ0n) is 15.4. The number of hydrogen-bond acceptors (Lipinski definition) is 0. The molecular formula is C28H18. The Hall–Kier alpha value is -3.64. The van der Waals surface area contributed by atoms with Crippen LogP contribution in [0, 0.1) is 0 Å². The van der Waals surface area contributed by atoms with Crippen molar-refractivity contribution in [3.8, 4) is 22.3 Å². The van der Waals surface area contributed by atoms with Gasteiger partial charge in [0.2, 0.25) is 0 Å². The molecule has 0 amide bonds. The lowest BCUT2D eigenvalue weighted by Gasteiger charge is -2.11. The van der Waals surface area contributed by atoms with E-state index < -0.39 is 0 Å². The maximum absolute atomic E-state index is 2.36. The number of benzene rings is 2. The summed E-state index contributed by atoms with van der Waals surface area (Å²) in [5.41, 5.74) is 10.5. The first-order valence-electron chi connectivity index (χ1n) is 9.71. The van der Waals surface area contributed by atoms with E-state index in [2.05, 4.69) is 109 Å². The maximum Gasteiger partial charge on any atom is -0.00201 e. The smallest absolute Gasteiger partial charge is 0.00201 e. The molecular weight excluding hydrogens is 336 g/mol. The van der Waals surface area contributed by atoms with E-state index in [4.69, 9.17) is 0 Å². The molecule has 4 aliphatic rings. The molecule has 0 fully saturated rings. The Bertz CT molecular complexity index is 1340. The van der Waals surface area contributed by atoms with Crippen molar-refractivity contribution in [2.24, 2.45) is 0 Å². The summed E-state index contributed by atoms with van der Waals surface area (Å²) in [4.78, 5) is 0. The van der Waals surface area contributed by atoms with Crippen molar-refractivity contribution >= 4 is 16.3 Å². The topological polar surface area (TPSA) is 0 Å². The summed E-state index contributed by atoms with van der Waals surface area (Å²) in [6.45, 7) is 0. The molecule has 2 aromatic carbocycles. The van der Waals surface area contributed by atoms with Crippen LogP contribution in [0.25, 0.3) is 38.6 Å². The van der Waals surface area contributed by atoms with Crippen molar-refractivity contribution in [3.05, 3.63) is 126 Å². The second-order valence-corrected chi connectivity index (χ2v) is 7.38. The summed E-state index contributed by atoms with van der Waals surface area (Å²) in [5, 5.41) is 2.58. The van der Waals surface area contributed by atoms with E-state index in [1.54, 1.807) is 0 Å². The van der Waals surface area contributed by atoms with Gasteiger partial charge in [0.05, 0.1) is 0 Å². The van der Waals surface area contributed by atoms with Crippen molar-refractivity contribution < 1.29 is 0 Å². The Balaban J connectivity index is 1.74. The zero-order chi connectivity index (χ0) is 18.5. The molecule has 0 radical (unpaired) electrons. The van der Waals surface area contributed by atoms with Crippen LogP contribution < -0.4 is 0 Å². The molecule has 0 heteroatoms. The number of allylic oxidation sites excluding steroid dienone is 8. The van der Waals surface area contributed by atoms with Crippen molar-refractivity contribution in [2.45, 2.75) is 0 Å². The summed E-state index contributed by atoms with van der Waals surface area (Å²) >= 11 is 0.